The van der Waals surface area contributed by atoms with Gasteiger partial charge in [0.25, 0.3) is 0 Å². The number of nitrogens with zero attached hydrogens (tertiary/aromatic N) is 2. The first-order chi connectivity index (χ1) is 6.16. The number of carbonyl (C=O) groups is 1. The van der Waals surface area contributed by atoms with Crippen molar-refractivity contribution in [2.75, 3.05) is 0 Å². The van der Waals surface area contributed by atoms with Gasteiger partial charge in [0.05, 0.1) is 17.3 Å². The monoisotopic (exact) mass is 198 g/mol. The van der Waals surface area contributed by atoms with Crippen LogP contribution in [0.3, 0.4) is 0 Å². The molecule has 0 aromatic carbocycles. The minimum absolute atomic E-state index is 0.277. The van der Waals surface area contributed by atoms with Gasteiger partial charge in [-0.1, -0.05) is 11.6 Å². The number of rotatable bonds is 3. The van der Waals surface area contributed by atoms with Gasteiger partial charge >= 0.3 is 0 Å². The highest BCUT2D eigenvalue weighted by molar-refractivity contribution is 6.31. The molecule has 2 rings (SSSR count). The van der Waals surface area contributed by atoms with Crippen molar-refractivity contribution in [2.45, 2.75) is 26.3 Å². The number of ketones is 1. The molecule has 0 N–H and O–H groups in total. The molecule has 13 heavy (non-hydrogen) atoms. The van der Waals surface area contributed by atoms with Crippen molar-refractivity contribution < 1.29 is 4.79 Å². The number of hydrogen-bond donors (Lipinski definition) is 0. The molecule has 70 valence electrons. The second kappa shape index (κ2) is 3.14. The van der Waals surface area contributed by atoms with Crippen molar-refractivity contribution in [2.24, 2.45) is 5.92 Å². The van der Waals surface area contributed by atoms with Gasteiger partial charge in [-0.15, -0.1) is 0 Å². The number of hydrogen-bond acceptors (Lipinski definition) is 2. The number of Topliss-reactive ketones (excluding diaryl/α,β-unsaturated/α-hetero) is 1. The molecule has 1 aromatic heterocycles. The molecule has 1 aliphatic carbocycles. The van der Waals surface area contributed by atoms with Crippen LogP contribution in [0.2, 0.25) is 5.02 Å². The van der Waals surface area contributed by atoms with Crippen molar-refractivity contribution in [3.8, 4) is 0 Å². The summed E-state index contributed by atoms with van der Waals surface area (Å²) in [5, 5.41) is 4.75. The van der Waals surface area contributed by atoms with Crippen molar-refractivity contribution >= 4 is 17.4 Å². The van der Waals surface area contributed by atoms with Gasteiger partial charge in [0.15, 0.2) is 5.78 Å². The Bertz CT molecular complexity index is 322. The van der Waals surface area contributed by atoms with Crippen LogP contribution in [0.1, 0.15) is 18.5 Å². The molecule has 1 aromatic rings. The Kier molecular flexibility index (Phi) is 2.12. The summed E-state index contributed by atoms with van der Waals surface area (Å²) in [6.07, 6.45) is 3.80. The van der Waals surface area contributed by atoms with Gasteiger partial charge in [-0.05, 0) is 19.8 Å². The summed E-state index contributed by atoms with van der Waals surface area (Å²) in [7, 11) is 0. The molecule has 1 aliphatic rings. The standard InChI is InChI=1S/C9H11ClN2O/c1-6-8(10)4-12(11-6)5-9(13)7-2-3-7/h4,7H,2-3,5H2,1H3. The lowest BCUT2D eigenvalue weighted by Gasteiger charge is -1.97. The second-order valence-corrected chi connectivity index (χ2v) is 3.91. The minimum atomic E-state index is 0.277. The molecule has 0 bridgehead atoms. The van der Waals surface area contributed by atoms with E-state index in [0.717, 1.165) is 18.5 Å². The lowest BCUT2D eigenvalue weighted by atomic mass is 10.3. The van der Waals surface area contributed by atoms with E-state index >= 15 is 0 Å². The Morgan fingerprint density at radius 2 is 2.46 bits per heavy atom. The van der Waals surface area contributed by atoms with E-state index in [-0.39, 0.29) is 5.78 Å². The van der Waals surface area contributed by atoms with Gasteiger partial charge < -0.3 is 0 Å². The van der Waals surface area contributed by atoms with Gasteiger partial charge in [-0.2, -0.15) is 5.10 Å². The Morgan fingerprint density at radius 3 is 2.92 bits per heavy atom. The average Bonchev–Trinajstić information content (AvgIpc) is 2.81. The van der Waals surface area contributed by atoms with Gasteiger partial charge in [-0.3, -0.25) is 9.48 Å². The maximum Gasteiger partial charge on any atom is 0.157 e. The fraction of sp³-hybridized carbons (Fsp3) is 0.556. The summed E-state index contributed by atoms with van der Waals surface area (Å²) < 4.78 is 1.62. The number of halogens is 1. The fourth-order valence-electron chi connectivity index (χ4n) is 1.27. The lowest BCUT2D eigenvalue weighted by molar-refractivity contribution is -0.120. The Morgan fingerprint density at radius 1 is 1.77 bits per heavy atom. The highest BCUT2D eigenvalue weighted by atomic mass is 35.5. The van der Waals surface area contributed by atoms with Crippen molar-refractivity contribution in [3.05, 3.63) is 16.9 Å². The molecule has 0 radical (unpaired) electrons. The number of aryl methyl sites for hydroxylation is 1. The third-order valence-electron chi connectivity index (χ3n) is 2.24. The van der Waals surface area contributed by atoms with Crippen molar-refractivity contribution in [3.63, 3.8) is 0 Å². The van der Waals surface area contributed by atoms with Gasteiger partial charge in [-0.25, -0.2) is 0 Å². The SMILES string of the molecule is Cc1nn(CC(=O)C2CC2)cc1Cl. The fourth-order valence-corrected chi connectivity index (χ4v) is 1.42. The largest absolute Gasteiger partial charge is 0.297 e. The van der Waals surface area contributed by atoms with E-state index in [2.05, 4.69) is 5.10 Å². The summed E-state index contributed by atoms with van der Waals surface area (Å²) in [5.74, 6) is 0.572. The number of aromatic nitrogens is 2. The topological polar surface area (TPSA) is 34.9 Å². The molecule has 0 amide bonds. The van der Waals surface area contributed by atoms with Crippen LogP contribution in [0.15, 0.2) is 6.20 Å². The summed E-state index contributed by atoms with van der Waals surface area (Å²) in [4.78, 5) is 11.4. The van der Waals surface area contributed by atoms with Crippen molar-refractivity contribution in [1.82, 2.24) is 9.78 Å². The molecule has 0 saturated heterocycles. The Labute approximate surface area is 81.7 Å². The molecular formula is C9H11ClN2O. The molecule has 1 saturated carbocycles. The van der Waals surface area contributed by atoms with E-state index < -0.39 is 0 Å². The zero-order valence-corrected chi connectivity index (χ0v) is 8.21. The molecule has 1 fully saturated rings. The van der Waals surface area contributed by atoms with E-state index in [4.69, 9.17) is 11.6 Å². The lowest BCUT2D eigenvalue weighted by Crippen LogP contribution is -2.12. The predicted octanol–water partition coefficient (Wildman–Crippen LogP) is 1.82. The molecule has 0 atom stereocenters. The smallest absolute Gasteiger partial charge is 0.157 e. The third-order valence-corrected chi connectivity index (χ3v) is 2.61. The highest BCUT2D eigenvalue weighted by Crippen LogP contribution is 2.30. The van der Waals surface area contributed by atoms with E-state index in [1.54, 1.807) is 10.9 Å². The van der Waals surface area contributed by atoms with Crippen LogP contribution in [0.5, 0.6) is 0 Å². The summed E-state index contributed by atoms with van der Waals surface area (Å²) in [6.45, 7) is 2.21. The first-order valence-electron chi connectivity index (χ1n) is 4.39. The number of carbonyl (C=O) groups excluding carboxylic acids is 1. The first-order valence-corrected chi connectivity index (χ1v) is 4.77. The first kappa shape index (κ1) is 8.75. The molecule has 1 heterocycles. The highest BCUT2D eigenvalue weighted by Gasteiger charge is 2.29. The Balaban J connectivity index is 2.04. The summed E-state index contributed by atoms with van der Waals surface area (Å²) in [5.41, 5.74) is 0.783. The van der Waals surface area contributed by atoms with Crippen LogP contribution in [-0.4, -0.2) is 15.6 Å². The summed E-state index contributed by atoms with van der Waals surface area (Å²) in [6, 6.07) is 0. The minimum Gasteiger partial charge on any atom is -0.297 e. The second-order valence-electron chi connectivity index (χ2n) is 3.50. The predicted molar refractivity (Wildman–Crippen MR) is 49.7 cm³/mol. The molecular weight excluding hydrogens is 188 g/mol. The third kappa shape index (κ3) is 1.91. The van der Waals surface area contributed by atoms with E-state index in [1.165, 1.54) is 0 Å². The molecule has 0 spiro atoms. The van der Waals surface area contributed by atoms with E-state index in [9.17, 15) is 4.79 Å². The van der Waals surface area contributed by atoms with Crippen LogP contribution in [0.25, 0.3) is 0 Å². The van der Waals surface area contributed by atoms with Crippen LogP contribution >= 0.6 is 11.6 Å². The molecule has 0 unspecified atom stereocenters. The average molecular weight is 199 g/mol. The Hall–Kier alpha value is -0.830. The van der Waals surface area contributed by atoms with Crippen LogP contribution in [-0.2, 0) is 11.3 Å². The van der Waals surface area contributed by atoms with Crippen LogP contribution < -0.4 is 0 Å². The molecule has 4 heteroatoms. The van der Waals surface area contributed by atoms with E-state index in [0.29, 0.717) is 17.5 Å². The quantitative estimate of drug-likeness (QED) is 0.743. The maximum atomic E-state index is 11.4. The van der Waals surface area contributed by atoms with Gasteiger partial charge in [0.2, 0.25) is 0 Å². The van der Waals surface area contributed by atoms with Crippen molar-refractivity contribution in [1.29, 1.82) is 0 Å². The van der Waals surface area contributed by atoms with Gasteiger partial charge in [0, 0.05) is 12.1 Å². The normalized spacial score (nSPS) is 16.2. The zero-order chi connectivity index (χ0) is 9.42. The molecule has 0 aliphatic heterocycles. The van der Waals surface area contributed by atoms with Gasteiger partial charge in [0.1, 0.15) is 0 Å². The van der Waals surface area contributed by atoms with Crippen LogP contribution in [0.4, 0.5) is 0 Å². The van der Waals surface area contributed by atoms with Crippen LogP contribution in [0, 0.1) is 12.8 Å². The van der Waals surface area contributed by atoms with E-state index in [1.807, 2.05) is 6.92 Å². The summed E-state index contributed by atoms with van der Waals surface area (Å²) >= 11 is 5.81. The molecule has 3 nitrogen and oxygen atoms in total. The zero-order valence-electron chi connectivity index (χ0n) is 7.46. The maximum absolute atomic E-state index is 11.4.